The monoisotopic (exact) mass is 234 g/mol. The smallest absolute Gasteiger partial charge is 0.371 e. The van der Waals surface area contributed by atoms with E-state index in [9.17, 15) is 4.79 Å². The normalized spacial score (nSPS) is 18.2. The van der Waals surface area contributed by atoms with Crippen molar-refractivity contribution in [2.75, 3.05) is 13.2 Å². The number of benzene rings is 1. The first-order chi connectivity index (χ1) is 8.24. The summed E-state index contributed by atoms with van der Waals surface area (Å²) in [6.07, 6.45) is 0.152. The van der Waals surface area contributed by atoms with E-state index in [4.69, 9.17) is 19.0 Å². The summed E-state index contributed by atoms with van der Waals surface area (Å²) < 4.78 is 15.8. The summed E-state index contributed by atoms with van der Waals surface area (Å²) >= 11 is 0. The highest BCUT2D eigenvalue weighted by molar-refractivity contribution is 5.93. The molecule has 1 fully saturated rings. The van der Waals surface area contributed by atoms with Gasteiger partial charge < -0.3 is 19.0 Å². The van der Waals surface area contributed by atoms with E-state index >= 15 is 0 Å². The van der Waals surface area contributed by atoms with Gasteiger partial charge in [0, 0.05) is 5.39 Å². The summed E-state index contributed by atoms with van der Waals surface area (Å²) in [5.41, 5.74) is 0.463. The number of hydrogen-bond donors (Lipinski definition) is 1. The van der Waals surface area contributed by atoms with Gasteiger partial charge in [0.05, 0.1) is 6.61 Å². The minimum absolute atomic E-state index is 0.0845. The summed E-state index contributed by atoms with van der Waals surface area (Å²) in [6, 6.07) is 6.82. The van der Waals surface area contributed by atoms with Gasteiger partial charge in [-0.3, -0.25) is 0 Å². The van der Waals surface area contributed by atoms with Crippen molar-refractivity contribution in [1.82, 2.24) is 0 Å². The van der Waals surface area contributed by atoms with Crippen LogP contribution in [0.15, 0.2) is 28.7 Å². The van der Waals surface area contributed by atoms with Gasteiger partial charge >= 0.3 is 5.97 Å². The Bertz CT molecular complexity index is 567. The Hall–Kier alpha value is -2.01. The van der Waals surface area contributed by atoms with E-state index in [2.05, 4.69) is 0 Å². The second-order valence-corrected chi connectivity index (χ2v) is 3.86. The molecule has 0 saturated carbocycles. The topological polar surface area (TPSA) is 72.2 Å². The van der Waals surface area contributed by atoms with Crippen LogP contribution in [0.4, 0.5) is 0 Å². The largest absolute Gasteiger partial charge is 0.487 e. The van der Waals surface area contributed by atoms with Crippen molar-refractivity contribution in [3.63, 3.8) is 0 Å². The van der Waals surface area contributed by atoms with Gasteiger partial charge in [-0.05, 0) is 12.1 Å². The average Bonchev–Trinajstić information content (AvgIpc) is 3.02. The molecule has 1 aliphatic heterocycles. The van der Waals surface area contributed by atoms with E-state index in [1.807, 2.05) is 0 Å². The molecule has 0 amide bonds. The van der Waals surface area contributed by atoms with Crippen LogP contribution in [0.5, 0.6) is 5.75 Å². The molecule has 1 aliphatic rings. The zero-order chi connectivity index (χ0) is 11.8. The van der Waals surface area contributed by atoms with Crippen LogP contribution in [-0.2, 0) is 4.74 Å². The minimum atomic E-state index is -1.09. The molecule has 1 aromatic carbocycles. The van der Waals surface area contributed by atoms with Crippen LogP contribution in [0.25, 0.3) is 11.0 Å². The third-order valence-corrected chi connectivity index (χ3v) is 2.55. The molecule has 5 nitrogen and oxygen atoms in total. The molecular weight excluding hydrogens is 224 g/mol. The maximum absolute atomic E-state index is 10.8. The number of ether oxygens (including phenoxy) is 2. The lowest BCUT2D eigenvalue weighted by atomic mass is 10.2. The molecule has 1 saturated heterocycles. The number of aromatic carboxylic acids is 1. The summed E-state index contributed by atoms with van der Waals surface area (Å²) in [4.78, 5) is 10.8. The summed E-state index contributed by atoms with van der Waals surface area (Å²) in [5.74, 6) is -0.623. The Morgan fingerprint density at radius 3 is 3.06 bits per heavy atom. The van der Waals surface area contributed by atoms with Crippen molar-refractivity contribution in [1.29, 1.82) is 0 Å². The third kappa shape index (κ3) is 1.97. The highest BCUT2D eigenvalue weighted by Gasteiger charge is 2.24. The van der Waals surface area contributed by atoms with Gasteiger partial charge in [0.2, 0.25) is 5.76 Å². The fourth-order valence-corrected chi connectivity index (χ4v) is 1.60. The van der Waals surface area contributed by atoms with Crippen molar-refractivity contribution in [2.24, 2.45) is 0 Å². The van der Waals surface area contributed by atoms with E-state index in [1.54, 1.807) is 18.2 Å². The number of epoxide rings is 1. The Kier molecular flexibility index (Phi) is 2.26. The van der Waals surface area contributed by atoms with Crippen molar-refractivity contribution in [3.05, 3.63) is 30.0 Å². The molecule has 0 radical (unpaired) electrons. The predicted molar refractivity (Wildman–Crippen MR) is 58.4 cm³/mol. The van der Waals surface area contributed by atoms with Crippen LogP contribution in [0, 0.1) is 0 Å². The molecule has 5 heteroatoms. The van der Waals surface area contributed by atoms with E-state index < -0.39 is 5.97 Å². The van der Waals surface area contributed by atoms with Crippen molar-refractivity contribution < 1.29 is 23.8 Å². The number of carboxylic acids is 1. The molecule has 0 spiro atoms. The van der Waals surface area contributed by atoms with Gasteiger partial charge in [0.1, 0.15) is 12.7 Å². The highest BCUT2D eigenvalue weighted by atomic mass is 16.6. The lowest BCUT2D eigenvalue weighted by Crippen LogP contribution is -2.03. The van der Waals surface area contributed by atoms with Crippen LogP contribution in [0.3, 0.4) is 0 Å². The number of fused-ring (bicyclic) bond motifs is 1. The number of rotatable bonds is 4. The molecule has 1 N–H and O–H groups in total. The molecule has 17 heavy (non-hydrogen) atoms. The molecule has 1 aromatic heterocycles. The van der Waals surface area contributed by atoms with Crippen molar-refractivity contribution >= 4 is 16.9 Å². The molecule has 1 atom stereocenters. The van der Waals surface area contributed by atoms with Crippen LogP contribution >= 0.6 is 0 Å². The first-order valence-electron chi connectivity index (χ1n) is 5.24. The standard InChI is InChI=1S/C12H10O5/c13-12(14)10-4-7-2-1-3-9(11(7)17-10)16-6-8-5-15-8/h1-4,8H,5-6H2,(H,13,14)/t8-/m0/s1. The summed E-state index contributed by atoms with van der Waals surface area (Å²) in [6.45, 7) is 1.18. The van der Waals surface area contributed by atoms with Crippen LogP contribution in [0.2, 0.25) is 0 Å². The van der Waals surface area contributed by atoms with Crippen molar-refractivity contribution in [3.8, 4) is 5.75 Å². The van der Waals surface area contributed by atoms with Gasteiger partial charge in [0.15, 0.2) is 11.3 Å². The van der Waals surface area contributed by atoms with E-state index in [0.717, 1.165) is 5.39 Å². The minimum Gasteiger partial charge on any atom is -0.487 e. The fraction of sp³-hybridized carbons (Fsp3) is 0.250. The molecule has 0 bridgehead atoms. The van der Waals surface area contributed by atoms with E-state index in [0.29, 0.717) is 24.5 Å². The second-order valence-electron chi connectivity index (χ2n) is 3.86. The lowest BCUT2D eigenvalue weighted by Gasteiger charge is -2.03. The van der Waals surface area contributed by atoms with Gasteiger partial charge in [-0.25, -0.2) is 4.79 Å². The Morgan fingerprint density at radius 2 is 2.35 bits per heavy atom. The van der Waals surface area contributed by atoms with E-state index in [-0.39, 0.29) is 11.9 Å². The molecule has 2 heterocycles. The number of para-hydroxylation sites is 1. The lowest BCUT2D eigenvalue weighted by molar-refractivity contribution is 0.0665. The Labute approximate surface area is 96.5 Å². The van der Waals surface area contributed by atoms with Gasteiger partial charge in [0.25, 0.3) is 0 Å². The van der Waals surface area contributed by atoms with Crippen LogP contribution in [0.1, 0.15) is 10.6 Å². The van der Waals surface area contributed by atoms with Crippen LogP contribution < -0.4 is 4.74 Å². The number of carbonyl (C=O) groups is 1. The number of hydrogen-bond acceptors (Lipinski definition) is 4. The third-order valence-electron chi connectivity index (χ3n) is 2.55. The van der Waals surface area contributed by atoms with Gasteiger partial charge in [-0.2, -0.15) is 0 Å². The molecule has 0 unspecified atom stereocenters. The molecular formula is C12H10O5. The fourth-order valence-electron chi connectivity index (χ4n) is 1.60. The maximum atomic E-state index is 10.8. The number of carboxylic acid groups (broad SMARTS) is 1. The predicted octanol–water partition coefficient (Wildman–Crippen LogP) is 1.91. The molecule has 88 valence electrons. The SMILES string of the molecule is O=C(O)c1cc2cccc(OC[C@@H]3CO3)c2o1. The molecule has 2 aromatic rings. The number of furan rings is 1. The highest BCUT2D eigenvalue weighted by Crippen LogP contribution is 2.29. The summed E-state index contributed by atoms with van der Waals surface area (Å²) in [7, 11) is 0. The maximum Gasteiger partial charge on any atom is 0.371 e. The van der Waals surface area contributed by atoms with E-state index in [1.165, 1.54) is 6.07 Å². The Balaban J connectivity index is 1.95. The first-order valence-corrected chi connectivity index (χ1v) is 5.24. The summed E-state index contributed by atoms with van der Waals surface area (Å²) in [5, 5.41) is 9.57. The molecule has 3 rings (SSSR count). The second kappa shape index (κ2) is 3.78. The quantitative estimate of drug-likeness (QED) is 0.818. The van der Waals surface area contributed by atoms with Gasteiger partial charge in [-0.1, -0.05) is 12.1 Å². The van der Waals surface area contributed by atoms with Crippen molar-refractivity contribution in [2.45, 2.75) is 6.10 Å². The first kappa shape index (κ1) is 10.2. The van der Waals surface area contributed by atoms with Crippen LogP contribution in [-0.4, -0.2) is 30.4 Å². The van der Waals surface area contributed by atoms with Gasteiger partial charge in [-0.15, -0.1) is 0 Å². The Morgan fingerprint density at radius 1 is 1.53 bits per heavy atom. The zero-order valence-electron chi connectivity index (χ0n) is 8.88. The zero-order valence-corrected chi connectivity index (χ0v) is 8.88. The average molecular weight is 234 g/mol. The molecule has 0 aliphatic carbocycles.